The van der Waals surface area contributed by atoms with E-state index in [-0.39, 0.29) is 17.5 Å². The van der Waals surface area contributed by atoms with Crippen LogP contribution in [0.15, 0.2) is 30.6 Å². The number of carbonyl (C=O) groups excluding carboxylic acids is 1. The molecule has 3 rings (SSSR count). The van der Waals surface area contributed by atoms with Crippen LogP contribution >= 0.6 is 0 Å². The van der Waals surface area contributed by atoms with E-state index in [1.54, 1.807) is 11.1 Å². The van der Waals surface area contributed by atoms with Crippen LogP contribution in [0.4, 0.5) is 4.79 Å². The lowest BCUT2D eigenvalue weighted by Gasteiger charge is -2.48. The van der Waals surface area contributed by atoms with Crippen molar-refractivity contribution in [2.75, 3.05) is 19.6 Å². The molecule has 0 bridgehead atoms. The molecule has 2 atom stereocenters. The predicted molar refractivity (Wildman–Crippen MR) is 81.2 cm³/mol. The van der Waals surface area contributed by atoms with E-state index < -0.39 is 0 Å². The minimum Gasteiger partial charge on any atom is -0.351 e. The van der Waals surface area contributed by atoms with Crippen molar-refractivity contribution in [2.24, 2.45) is 5.73 Å². The minimum absolute atomic E-state index is 0.121. The smallest absolute Gasteiger partial charge is 0.315 e. The first-order valence-electron chi connectivity index (χ1n) is 7.24. The number of piperazine rings is 1. The van der Waals surface area contributed by atoms with Gasteiger partial charge < -0.3 is 20.4 Å². The summed E-state index contributed by atoms with van der Waals surface area (Å²) in [6, 6.07) is 5.70. The highest BCUT2D eigenvalue weighted by atomic mass is 16.2. The van der Waals surface area contributed by atoms with Crippen molar-refractivity contribution >= 4 is 11.7 Å². The maximum absolute atomic E-state index is 11.8. The summed E-state index contributed by atoms with van der Waals surface area (Å²) < 4.78 is 2.07. The van der Waals surface area contributed by atoms with E-state index in [4.69, 9.17) is 5.73 Å². The van der Waals surface area contributed by atoms with Crippen LogP contribution in [0.5, 0.6) is 0 Å². The maximum atomic E-state index is 11.8. The number of hydrogen-bond acceptors (Lipinski definition) is 3. The lowest BCUT2D eigenvalue weighted by atomic mass is 9.81. The van der Waals surface area contributed by atoms with Gasteiger partial charge in [0.1, 0.15) is 5.65 Å². The summed E-state index contributed by atoms with van der Waals surface area (Å²) in [7, 11) is 0. The zero-order valence-electron chi connectivity index (χ0n) is 12.4. The molecule has 1 saturated heterocycles. The molecule has 3 heterocycles. The Morgan fingerprint density at radius 3 is 3.10 bits per heavy atom. The second-order valence-electron chi connectivity index (χ2n) is 5.85. The van der Waals surface area contributed by atoms with E-state index >= 15 is 0 Å². The molecular weight excluding hydrogens is 266 g/mol. The molecule has 0 aromatic carbocycles. The van der Waals surface area contributed by atoms with Gasteiger partial charge in [-0.1, -0.05) is 13.0 Å². The Hall–Kier alpha value is -2.08. The molecule has 21 heavy (non-hydrogen) atoms. The molecule has 1 unspecified atom stereocenters. The Kier molecular flexibility index (Phi) is 3.33. The van der Waals surface area contributed by atoms with Crippen molar-refractivity contribution in [1.82, 2.24) is 19.6 Å². The van der Waals surface area contributed by atoms with Crippen molar-refractivity contribution in [2.45, 2.75) is 25.3 Å². The Balaban J connectivity index is 2.05. The average molecular weight is 287 g/mol. The number of nitrogens with two attached hydrogens (primary N) is 1. The predicted octanol–water partition coefficient (Wildman–Crippen LogP) is 1.18. The Bertz CT molecular complexity index is 667. The molecule has 0 spiro atoms. The minimum atomic E-state index is -0.358. The maximum Gasteiger partial charge on any atom is 0.315 e. The standard InChI is InChI=1S/C15H21N5O/c1-11(12-4-3-5-13-18-7-8-19(12)13)15(2)10-17-6-9-20(15)14(16)21/h3-5,7-8,11,17H,6,9-10H2,1-2H3,(H2,16,21)/t11-,15?/m0/s1. The first kappa shape index (κ1) is 13.9. The third kappa shape index (κ3) is 2.15. The Morgan fingerprint density at radius 1 is 1.52 bits per heavy atom. The van der Waals surface area contributed by atoms with Crippen LogP contribution in [0, 0.1) is 0 Å². The number of imidazole rings is 1. The zero-order chi connectivity index (χ0) is 15.0. The third-order valence-corrected chi connectivity index (χ3v) is 4.71. The van der Waals surface area contributed by atoms with E-state index in [0.717, 1.165) is 24.4 Å². The van der Waals surface area contributed by atoms with Crippen molar-refractivity contribution in [3.05, 3.63) is 36.3 Å². The van der Waals surface area contributed by atoms with Crippen LogP contribution in [0.25, 0.3) is 5.65 Å². The molecule has 6 heteroatoms. The highest BCUT2D eigenvalue weighted by Gasteiger charge is 2.42. The highest BCUT2D eigenvalue weighted by molar-refractivity contribution is 5.73. The molecule has 1 fully saturated rings. The third-order valence-electron chi connectivity index (χ3n) is 4.71. The fourth-order valence-electron chi connectivity index (χ4n) is 3.27. The summed E-state index contributed by atoms with van der Waals surface area (Å²) in [5, 5.41) is 3.38. The van der Waals surface area contributed by atoms with Crippen LogP contribution in [0.3, 0.4) is 0 Å². The monoisotopic (exact) mass is 287 g/mol. The van der Waals surface area contributed by atoms with Gasteiger partial charge in [-0.05, 0) is 19.1 Å². The van der Waals surface area contributed by atoms with Crippen molar-refractivity contribution in [3.63, 3.8) is 0 Å². The SMILES string of the molecule is C[C@@H](c1cccc2nccn12)C1(C)CNCCN1C(N)=O. The zero-order valence-corrected chi connectivity index (χ0v) is 12.4. The molecule has 0 saturated carbocycles. The summed E-state index contributed by atoms with van der Waals surface area (Å²) in [5.74, 6) is 0.121. The molecule has 2 aromatic rings. The van der Waals surface area contributed by atoms with Crippen LogP contribution in [-0.4, -0.2) is 45.5 Å². The van der Waals surface area contributed by atoms with Gasteiger partial charge in [-0.2, -0.15) is 0 Å². The number of hydrogen-bond donors (Lipinski definition) is 2. The fourth-order valence-corrected chi connectivity index (χ4v) is 3.27. The van der Waals surface area contributed by atoms with Crippen molar-refractivity contribution < 1.29 is 4.79 Å². The molecule has 0 aliphatic carbocycles. The number of primary amides is 1. The van der Waals surface area contributed by atoms with E-state index in [2.05, 4.69) is 34.6 Å². The summed E-state index contributed by atoms with van der Waals surface area (Å²) in [6.45, 7) is 6.36. The topological polar surface area (TPSA) is 75.7 Å². The molecule has 1 aliphatic rings. The first-order chi connectivity index (χ1) is 10.0. The van der Waals surface area contributed by atoms with E-state index in [1.807, 2.05) is 18.3 Å². The Labute approximate surface area is 123 Å². The van der Waals surface area contributed by atoms with Gasteiger partial charge >= 0.3 is 6.03 Å². The van der Waals surface area contributed by atoms with Crippen molar-refractivity contribution in [3.8, 4) is 0 Å². The van der Waals surface area contributed by atoms with Gasteiger partial charge in [0, 0.05) is 43.6 Å². The molecule has 2 aromatic heterocycles. The van der Waals surface area contributed by atoms with Crippen molar-refractivity contribution in [1.29, 1.82) is 0 Å². The normalized spacial score (nSPS) is 24.2. The number of nitrogens with zero attached hydrogens (tertiary/aromatic N) is 3. The summed E-state index contributed by atoms with van der Waals surface area (Å²) >= 11 is 0. The number of urea groups is 1. The van der Waals surface area contributed by atoms with Gasteiger partial charge in [0.15, 0.2) is 0 Å². The molecule has 3 N–H and O–H groups in total. The van der Waals surface area contributed by atoms with Crippen LogP contribution in [-0.2, 0) is 0 Å². The molecule has 0 radical (unpaired) electrons. The van der Waals surface area contributed by atoms with Crippen LogP contribution in [0.2, 0.25) is 0 Å². The quantitative estimate of drug-likeness (QED) is 0.871. The largest absolute Gasteiger partial charge is 0.351 e. The molecule has 112 valence electrons. The summed E-state index contributed by atoms with van der Waals surface area (Å²) in [5.41, 5.74) is 7.27. The Morgan fingerprint density at radius 2 is 2.33 bits per heavy atom. The number of nitrogens with one attached hydrogen (secondary N) is 1. The van der Waals surface area contributed by atoms with E-state index in [0.29, 0.717) is 6.54 Å². The summed E-state index contributed by atoms with van der Waals surface area (Å²) in [4.78, 5) is 17.9. The molecule has 6 nitrogen and oxygen atoms in total. The lowest BCUT2D eigenvalue weighted by Crippen LogP contribution is -2.64. The van der Waals surface area contributed by atoms with E-state index in [1.165, 1.54) is 0 Å². The van der Waals surface area contributed by atoms with Crippen LogP contribution in [0.1, 0.15) is 25.5 Å². The number of fused-ring (bicyclic) bond motifs is 1. The van der Waals surface area contributed by atoms with Gasteiger partial charge in [0.25, 0.3) is 0 Å². The molecular formula is C15H21N5O. The van der Waals surface area contributed by atoms with Gasteiger partial charge in [-0.25, -0.2) is 9.78 Å². The number of rotatable bonds is 2. The highest BCUT2D eigenvalue weighted by Crippen LogP contribution is 2.34. The molecule has 1 aliphatic heterocycles. The average Bonchev–Trinajstić information content (AvgIpc) is 2.95. The van der Waals surface area contributed by atoms with E-state index in [9.17, 15) is 4.79 Å². The molecule has 2 amide bonds. The summed E-state index contributed by atoms with van der Waals surface area (Å²) in [6.07, 6.45) is 3.74. The lowest BCUT2D eigenvalue weighted by molar-refractivity contribution is 0.0872. The van der Waals surface area contributed by atoms with Crippen LogP contribution < -0.4 is 11.1 Å². The van der Waals surface area contributed by atoms with Gasteiger partial charge in [0.2, 0.25) is 0 Å². The number of amides is 2. The fraction of sp³-hybridized carbons (Fsp3) is 0.467. The second kappa shape index (κ2) is 5.04. The number of aromatic nitrogens is 2. The van der Waals surface area contributed by atoms with Gasteiger partial charge in [-0.3, -0.25) is 0 Å². The number of carbonyl (C=O) groups is 1. The second-order valence-corrected chi connectivity index (χ2v) is 5.85. The van der Waals surface area contributed by atoms with Gasteiger partial charge in [-0.15, -0.1) is 0 Å². The number of pyridine rings is 1. The van der Waals surface area contributed by atoms with Gasteiger partial charge in [0.05, 0.1) is 5.54 Å². The first-order valence-corrected chi connectivity index (χ1v) is 7.24.